The molecule has 1 saturated heterocycles. The normalized spacial score (nSPS) is 20.5. The van der Waals surface area contributed by atoms with Crippen molar-refractivity contribution in [3.63, 3.8) is 0 Å². The number of amides is 1. The van der Waals surface area contributed by atoms with Crippen LogP contribution in [0.2, 0.25) is 0 Å². The molecule has 3 rings (SSSR count). The van der Waals surface area contributed by atoms with Crippen molar-refractivity contribution in [1.82, 2.24) is 9.80 Å². The fourth-order valence-electron chi connectivity index (χ4n) is 3.38. The van der Waals surface area contributed by atoms with Gasteiger partial charge in [0.15, 0.2) is 6.61 Å². The third-order valence-electron chi connectivity index (χ3n) is 4.89. The molecule has 0 aromatic heterocycles. The van der Waals surface area contributed by atoms with Crippen LogP contribution < -0.4 is 4.74 Å². The van der Waals surface area contributed by atoms with Gasteiger partial charge in [-0.15, -0.1) is 0 Å². The van der Waals surface area contributed by atoms with Crippen molar-refractivity contribution in [1.29, 1.82) is 0 Å². The second kappa shape index (κ2) is 8.85. The van der Waals surface area contributed by atoms with Crippen molar-refractivity contribution in [2.75, 3.05) is 19.7 Å². The molecule has 1 heterocycles. The van der Waals surface area contributed by atoms with Crippen molar-refractivity contribution in [2.45, 2.75) is 32.5 Å². The molecule has 2 aromatic carbocycles. The molecule has 1 aliphatic rings. The second-order valence-corrected chi connectivity index (χ2v) is 7.96. The van der Waals surface area contributed by atoms with Crippen LogP contribution in [0.25, 0.3) is 0 Å². The Kier molecular flexibility index (Phi) is 6.50. The van der Waals surface area contributed by atoms with Crippen LogP contribution in [0, 0.1) is 5.82 Å². The minimum atomic E-state index is -0.221. The number of ether oxygens (including phenoxy) is 1. The van der Waals surface area contributed by atoms with E-state index in [4.69, 9.17) is 4.74 Å². The first-order valence-electron chi connectivity index (χ1n) is 9.08. The number of halogens is 2. The van der Waals surface area contributed by atoms with Gasteiger partial charge >= 0.3 is 0 Å². The number of nitrogens with zero attached hydrogens (tertiary/aromatic N) is 2. The third kappa shape index (κ3) is 5.30. The van der Waals surface area contributed by atoms with Crippen molar-refractivity contribution in [3.8, 4) is 5.75 Å². The van der Waals surface area contributed by atoms with E-state index in [0.717, 1.165) is 23.1 Å². The van der Waals surface area contributed by atoms with Crippen LogP contribution in [0.4, 0.5) is 4.39 Å². The summed E-state index contributed by atoms with van der Waals surface area (Å²) in [6.45, 7) is 6.39. The Morgan fingerprint density at radius 1 is 1.15 bits per heavy atom. The number of carbonyl (C=O) groups excluding carboxylic acids is 1. The van der Waals surface area contributed by atoms with E-state index in [2.05, 4.69) is 34.7 Å². The van der Waals surface area contributed by atoms with E-state index in [1.165, 1.54) is 12.1 Å². The van der Waals surface area contributed by atoms with E-state index in [1.807, 2.05) is 41.3 Å². The highest BCUT2D eigenvalue weighted by Crippen LogP contribution is 2.20. The maximum Gasteiger partial charge on any atom is 0.260 e. The zero-order chi connectivity index (χ0) is 19.4. The molecule has 0 unspecified atom stereocenters. The lowest BCUT2D eigenvalue weighted by Crippen LogP contribution is -2.58. The van der Waals surface area contributed by atoms with Crippen LogP contribution in [0.3, 0.4) is 0 Å². The summed E-state index contributed by atoms with van der Waals surface area (Å²) in [6.07, 6.45) is 0. The summed E-state index contributed by atoms with van der Waals surface area (Å²) in [6, 6.07) is 14.4. The lowest BCUT2D eigenvalue weighted by Gasteiger charge is -2.44. The van der Waals surface area contributed by atoms with Crippen LogP contribution >= 0.6 is 15.9 Å². The summed E-state index contributed by atoms with van der Waals surface area (Å²) >= 11 is 3.40. The molecule has 2 aromatic rings. The molecular formula is C21H24BrFN2O2. The maximum absolute atomic E-state index is 13.1. The van der Waals surface area contributed by atoms with Gasteiger partial charge in [0.1, 0.15) is 11.6 Å². The molecule has 0 radical (unpaired) electrons. The van der Waals surface area contributed by atoms with Crippen LogP contribution in [-0.2, 0) is 11.3 Å². The summed E-state index contributed by atoms with van der Waals surface area (Å²) in [4.78, 5) is 16.9. The Bertz CT molecular complexity index is 784. The quantitative estimate of drug-likeness (QED) is 0.710. The summed E-state index contributed by atoms with van der Waals surface area (Å²) in [7, 11) is 0. The summed E-state index contributed by atoms with van der Waals surface area (Å²) in [5.41, 5.74) is 1.08. The fraction of sp³-hybridized carbons (Fsp3) is 0.381. The van der Waals surface area contributed by atoms with E-state index < -0.39 is 0 Å². The van der Waals surface area contributed by atoms with Gasteiger partial charge in [-0.2, -0.15) is 0 Å². The third-order valence-corrected chi connectivity index (χ3v) is 5.39. The SMILES string of the molecule is C[C@@H]1CN(Cc2ccc(F)cc2)[C@@H](C)CN1C(=O)COc1cccc(Br)c1. The van der Waals surface area contributed by atoms with E-state index in [9.17, 15) is 9.18 Å². The molecule has 27 heavy (non-hydrogen) atoms. The average molecular weight is 435 g/mol. The highest BCUT2D eigenvalue weighted by atomic mass is 79.9. The van der Waals surface area contributed by atoms with Gasteiger partial charge in [0.05, 0.1) is 0 Å². The van der Waals surface area contributed by atoms with E-state index in [-0.39, 0.29) is 30.4 Å². The second-order valence-electron chi connectivity index (χ2n) is 7.05. The molecular weight excluding hydrogens is 411 g/mol. The Hall–Kier alpha value is -1.92. The van der Waals surface area contributed by atoms with Gasteiger partial charge in [0, 0.05) is 36.2 Å². The zero-order valence-corrected chi connectivity index (χ0v) is 17.2. The van der Waals surface area contributed by atoms with Crippen LogP contribution in [-0.4, -0.2) is 47.5 Å². The fourth-order valence-corrected chi connectivity index (χ4v) is 3.75. The van der Waals surface area contributed by atoms with Gasteiger partial charge in [0.2, 0.25) is 0 Å². The first kappa shape index (κ1) is 19.8. The van der Waals surface area contributed by atoms with Gasteiger partial charge in [-0.1, -0.05) is 34.1 Å². The van der Waals surface area contributed by atoms with Gasteiger partial charge in [-0.3, -0.25) is 9.69 Å². The number of rotatable bonds is 5. The van der Waals surface area contributed by atoms with E-state index >= 15 is 0 Å². The van der Waals surface area contributed by atoms with E-state index in [0.29, 0.717) is 12.3 Å². The Balaban J connectivity index is 1.55. The first-order valence-corrected chi connectivity index (χ1v) is 9.88. The van der Waals surface area contributed by atoms with Crippen molar-refractivity contribution in [2.24, 2.45) is 0 Å². The predicted molar refractivity (Wildman–Crippen MR) is 107 cm³/mol. The molecule has 4 nitrogen and oxygen atoms in total. The number of carbonyl (C=O) groups is 1. The number of piperazine rings is 1. The van der Waals surface area contributed by atoms with Crippen molar-refractivity contribution in [3.05, 3.63) is 64.4 Å². The van der Waals surface area contributed by atoms with Gasteiger partial charge in [0.25, 0.3) is 5.91 Å². The number of hydrogen-bond acceptors (Lipinski definition) is 3. The van der Waals surface area contributed by atoms with Gasteiger partial charge in [-0.05, 0) is 49.7 Å². The number of benzene rings is 2. The average Bonchev–Trinajstić information content (AvgIpc) is 2.64. The Morgan fingerprint density at radius 2 is 1.89 bits per heavy atom. The smallest absolute Gasteiger partial charge is 0.260 e. The van der Waals surface area contributed by atoms with Crippen LogP contribution in [0.1, 0.15) is 19.4 Å². The largest absolute Gasteiger partial charge is 0.484 e. The predicted octanol–water partition coefficient (Wildman–Crippen LogP) is 4.09. The molecule has 0 bridgehead atoms. The molecule has 1 fully saturated rings. The van der Waals surface area contributed by atoms with Crippen LogP contribution in [0.15, 0.2) is 53.0 Å². The summed E-state index contributed by atoms with van der Waals surface area (Å²) in [5, 5.41) is 0. The molecule has 0 saturated carbocycles. The van der Waals surface area contributed by atoms with Gasteiger partial charge in [-0.25, -0.2) is 4.39 Å². The molecule has 6 heteroatoms. The molecule has 0 spiro atoms. The monoisotopic (exact) mass is 434 g/mol. The number of hydrogen-bond donors (Lipinski definition) is 0. The highest BCUT2D eigenvalue weighted by molar-refractivity contribution is 9.10. The maximum atomic E-state index is 13.1. The lowest BCUT2D eigenvalue weighted by molar-refractivity contribution is -0.139. The minimum Gasteiger partial charge on any atom is -0.484 e. The molecule has 144 valence electrons. The van der Waals surface area contributed by atoms with Crippen molar-refractivity contribution >= 4 is 21.8 Å². The molecule has 0 aliphatic carbocycles. The van der Waals surface area contributed by atoms with Crippen LogP contribution in [0.5, 0.6) is 5.75 Å². The van der Waals surface area contributed by atoms with Gasteiger partial charge < -0.3 is 9.64 Å². The standard InChI is InChI=1S/C21H24BrFN2O2/c1-15-12-25(21(26)14-27-20-5-3-4-18(22)10-20)16(2)11-24(15)13-17-6-8-19(23)9-7-17/h3-10,15-16H,11-14H2,1-2H3/t15-,16+/m0/s1. The Morgan fingerprint density at radius 3 is 2.59 bits per heavy atom. The molecule has 1 amide bonds. The molecule has 0 N–H and O–H groups in total. The molecule has 2 atom stereocenters. The Labute approximate surface area is 168 Å². The molecule has 1 aliphatic heterocycles. The topological polar surface area (TPSA) is 32.8 Å². The zero-order valence-electron chi connectivity index (χ0n) is 15.6. The minimum absolute atomic E-state index is 0.00393. The lowest BCUT2D eigenvalue weighted by atomic mass is 10.1. The highest BCUT2D eigenvalue weighted by Gasteiger charge is 2.32. The first-order chi connectivity index (χ1) is 12.9. The summed E-state index contributed by atoms with van der Waals surface area (Å²) < 4.78 is 19.7. The van der Waals surface area contributed by atoms with Crippen molar-refractivity contribution < 1.29 is 13.9 Å². The summed E-state index contributed by atoms with van der Waals surface area (Å²) in [5.74, 6) is 0.449. The van der Waals surface area contributed by atoms with E-state index in [1.54, 1.807) is 0 Å².